The Morgan fingerprint density at radius 3 is 2.89 bits per heavy atom. The van der Waals surface area contributed by atoms with E-state index in [4.69, 9.17) is 23.2 Å². The number of carboxylic acids is 1. The molecule has 10 heteroatoms. The molecule has 0 aliphatic carbocycles. The summed E-state index contributed by atoms with van der Waals surface area (Å²) in [7, 11) is 1.70. The number of rotatable bonds is 3. The number of aliphatic carboxylic acids is 1. The number of carbonyl (C=O) groups is 2. The molecular weight excluding hydrogens is 393 g/mol. The average molecular weight is 408 g/mol. The van der Waals surface area contributed by atoms with Gasteiger partial charge in [0.25, 0.3) is 0 Å². The average Bonchev–Trinajstić information content (AvgIpc) is 3.15. The Bertz CT molecular complexity index is 1090. The summed E-state index contributed by atoms with van der Waals surface area (Å²) < 4.78 is 0. The van der Waals surface area contributed by atoms with Crippen LogP contribution in [-0.4, -0.2) is 43.5 Å². The van der Waals surface area contributed by atoms with E-state index >= 15 is 0 Å². The fourth-order valence-electron chi connectivity index (χ4n) is 3.55. The van der Waals surface area contributed by atoms with Crippen LogP contribution < -0.4 is 5.32 Å². The minimum atomic E-state index is -0.945. The molecule has 1 amide bonds. The number of halogens is 2. The second kappa shape index (κ2) is 6.54. The molecule has 0 saturated carbocycles. The van der Waals surface area contributed by atoms with Gasteiger partial charge in [0.1, 0.15) is 5.69 Å². The molecule has 3 heterocycles. The first-order valence-electron chi connectivity index (χ1n) is 8.22. The third-order valence-corrected chi connectivity index (χ3v) is 5.48. The van der Waals surface area contributed by atoms with E-state index in [2.05, 4.69) is 20.5 Å². The number of fused-ring (bicyclic) bond motifs is 3. The number of H-pyrrole nitrogens is 1. The second-order valence-electron chi connectivity index (χ2n) is 6.48. The lowest BCUT2D eigenvalue weighted by Gasteiger charge is -2.12. The van der Waals surface area contributed by atoms with E-state index in [-0.39, 0.29) is 25.3 Å². The summed E-state index contributed by atoms with van der Waals surface area (Å²) >= 11 is 12.7. The number of aryl methyl sites for hydroxylation is 1. The molecule has 27 heavy (non-hydrogen) atoms. The van der Waals surface area contributed by atoms with Crippen molar-refractivity contribution in [2.24, 2.45) is 7.05 Å². The molecule has 3 aromatic rings. The number of aromatic amines is 1. The molecule has 0 bridgehead atoms. The van der Waals surface area contributed by atoms with Gasteiger partial charge < -0.3 is 15.4 Å². The first-order valence-corrected chi connectivity index (χ1v) is 8.98. The van der Waals surface area contributed by atoms with Gasteiger partial charge in [0.05, 0.1) is 34.6 Å². The van der Waals surface area contributed by atoms with Crippen molar-refractivity contribution in [3.8, 4) is 11.3 Å². The molecule has 1 unspecified atom stereocenters. The summed E-state index contributed by atoms with van der Waals surface area (Å²) in [5.74, 6) is -1.53. The van der Waals surface area contributed by atoms with Crippen LogP contribution in [0.25, 0.3) is 22.2 Å². The summed E-state index contributed by atoms with van der Waals surface area (Å²) in [6.45, 7) is 0.233. The second-order valence-corrected chi connectivity index (χ2v) is 7.27. The highest BCUT2D eigenvalue weighted by Gasteiger charge is 2.30. The SMILES string of the molecule is Cn1ncc(-c2cc(Cl)c(Cl)c3[nH]c4c(c23)CC(=O)NCC4CC(=O)O)n1. The van der Waals surface area contributed by atoms with Gasteiger partial charge in [0, 0.05) is 36.2 Å². The van der Waals surface area contributed by atoms with Gasteiger partial charge in [0.2, 0.25) is 5.91 Å². The smallest absolute Gasteiger partial charge is 0.304 e. The van der Waals surface area contributed by atoms with Crippen molar-refractivity contribution < 1.29 is 14.7 Å². The number of benzene rings is 1. The number of hydrogen-bond donors (Lipinski definition) is 3. The number of carboxylic acid groups (broad SMARTS) is 1. The van der Waals surface area contributed by atoms with Crippen LogP contribution in [0.1, 0.15) is 23.6 Å². The van der Waals surface area contributed by atoms with E-state index < -0.39 is 11.9 Å². The van der Waals surface area contributed by atoms with E-state index in [1.54, 1.807) is 19.3 Å². The minimum absolute atomic E-state index is 0.108. The van der Waals surface area contributed by atoms with Crippen LogP contribution in [0.5, 0.6) is 0 Å². The van der Waals surface area contributed by atoms with Crippen molar-refractivity contribution in [1.82, 2.24) is 25.3 Å². The van der Waals surface area contributed by atoms with E-state index in [0.717, 1.165) is 0 Å². The third-order valence-electron chi connectivity index (χ3n) is 4.69. The Morgan fingerprint density at radius 2 is 2.22 bits per heavy atom. The quantitative estimate of drug-likeness (QED) is 0.617. The molecule has 1 aliphatic rings. The molecule has 0 fully saturated rings. The predicted octanol–water partition coefficient (Wildman–Crippen LogP) is 2.50. The summed E-state index contributed by atoms with van der Waals surface area (Å²) in [6, 6.07) is 1.69. The van der Waals surface area contributed by atoms with Gasteiger partial charge in [-0.15, -0.1) is 0 Å². The lowest BCUT2D eigenvalue weighted by Crippen LogP contribution is -2.27. The number of carbonyl (C=O) groups excluding carboxylic acids is 1. The number of hydrogen-bond acceptors (Lipinski definition) is 4. The molecular formula is C17H15Cl2N5O3. The maximum absolute atomic E-state index is 12.3. The van der Waals surface area contributed by atoms with Crippen molar-refractivity contribution in [2.45, 2.75) is 18.8 Å². The normalized spacial score (nSPS) is 16.9. The molecule has 1 aromatic carbocycles. The number of nitrogens with one attached hydrogen (secondary N) is 2. The molecule has 0 saturated heterocycles. The Hall–Kier alpha value is -2.58. The van der Waals surface area contributed by atoms with E-state index in [1.807, 2.05) is 0 Å². The topological polar surface area (TPSA) is 113 Å². The fourth-order valence-corrected chi connectivity index (χ4v) is 3.95. The van der Waals surface area contributed by atoms with Crippen LogP contribution in [0.3, 0.4) is 0 Å². The number of amides is 1. The van der Waals surface area contributed by atoms with Crippen LogP contribution >= 0.6 is 23.2 Å². The zero-order chi connectivity index (χ0) is 19.3. The van der Waals surface area contributed by atoms with Crippen LogP contribution in [-0.2, 0) is 23.1 Å². The van der Waals surface area contributed by atoms with Crippen molar-refractivity contribution in [2.75, 3.05) is 6.54 Å². The van der Waals surface area contributed by atoms with Crippen molar-refractivity contribution >= 4 is 46.0 Å². The number of aromatic nitrogens is 4. The van der Waals surface area contributed by atoms with Gasteiger partial charge >= 0.3 is 5.97 Å². The van der Waals surface area contributed by atoms with E-state index in [1.165, 1.54) is 4.80 Å². The van der Waals surface area contributed by atoms with Crippen molar-refractivity contribution in [1.29, 1.82) is 0 Å². The standard InChI is InChI=1S/C17H15Cl2N5O3/c1-24-21-6-11(23-24)8-3-10(18)15(19)17-14(8)9-4-12(25)20-5-7(2-13(26)27)16(9)22-17/h3,6-7,22H,2,4-5H2,1H3,(H,20,25)(H,26,27). The largest absolute Gasteiger partial charge is 0.481 e. The lowest BCUT2D eigenvalue weighted by atomic mass is 9.95. The summed E-state index contributed by atoms with van der Waals surface area (Å²) in [5, 5.41) is 21.8. The van der Waals surface area contributed by atoms with Crippen LogP contribution in [0, 0.1) is 0 Å². The van der Waals surface area contributed by atoms with Crippen molar-refractivity contribution in [3.05, 3.63) is 33.6 Å². The Labute approximate surface area is 163 Å². The highest BCUT2D eigenvalue weighted by molar-refractivity contribution is 6.45. The van der Waals surface area contributed by atoms with Gasteiger partial charge in [0.15, 0.2) is 0 Å². The van der Waals surface area contributed by atoms with E-state index in [9.17, 15) is 14.7 Å². The lowest BCUT2D eigenvalue weighted by molar-refractivity contribution is -0.137. The monoisotopic (exact) mass is 407 g/mol. The summed E-state index contributed by atoms with van der Waals surface area (Å²) in [4.78, 5) is 28.2. The van der Waals surface area contributed by atoms with Crippen LogP contribution in [0.4, 0.5) is 0 Å². The van der Waals surface area contributed by atoms with Crippen molar-refractivity contribution in [3.63, 3.8) is 0 Å². The minimum Gasteiger partial charge on any atom is -0.481 e. The van der Waals surface area contributed by atoms with Gasteiger partial charge in [-0.2, -0.15) is 15.0 Å². The molecule has 2 aromatic heterocycles. The molecule has 8 nitrogen and oxygen atoms in total. The summed E-state index contributed by atoms with van der Waals surface area (Å²) in [5.41, 5.74) is 3.24. The Morgan fingerprint density at radius 1 is 1.44 bits per heavy atom. The summed E-state index contributed by atoms with van der Waals surface area (Å²) in [6.07, 6.45) is 1.59. The number of nitrogens with zero attached hydrogens (tertiary/aromatic N) is 3. The molecule has 140 valence electrons. The zero-order valence-corrected chi connectivity index (χ0v) is 15.7. The fraction of sp³-hybridized carbons (Fsp3) is 0.294. The van der Waals surface area contributed by atoms with Gasteiger partial charge in [-0.1, -0.05) is 23.2 Å². The first-order chi connectivity index (χ1) is 12.8. The predicted molar refractivity (Wildman–Crippen MR) is 100 cm³/mol. The molecule has 1 aliphatic heterocycles. The van der Waals surface area contributed by atoms with E-state index in [0.29, 0.717) is 43.5 Å². The Balaban J connectivity index is 2.04. The third kappa shape index (κ3) is 3.04. The molecule has 0 spiro atoms. The molecule has 4 rings (SSSR count). The molecule has 3 N–H and O–H groups in total. The maximum Gasteiger partial charge on any atom is 0.304 e. The van der Waals surface area contributed by atoms with Gasteiger partial charge in [-0.05, 0) is 11.6 Å². The Kier molecular flexibility index (Phi) is 4.32. The maximum atomic E-state index is 12.3. The van der Waals surface area contributed by atoms with Gasteiger partial charge in [-0.25, -0.2) is 0 Å². The van der Waals surface area contributed by atoms with Gasteiger partial charge in [-0.3, -0.25) is 9.59 Å². The molecule has 1 atom stereocenters. The first kappa shape index (κ1) is 17.8. The highest BCUT2D eigenvalue weighted by atomic mass is 35.5. The molecule has 0 radical (unpaired) electrons. The zero-order valence-electron chi connectivity index (χ0n) is 14.2. The van der Waals surface area contributed by atoms with Crippen LogP contribution in [0.15, 0.2) is 12.3 Å². The van der Waals surface area contributed by atoms with Crippen LogP contribution in [0.2, 0.25) is 10.0 Å². The highest BCUT2D eigenvalue weighted by Crippen LogP contribution is 2.42.